The van der Waals surface area contributed by atoms with Crippen LogP contribution in [-0.4, -0.2) is 43.6 Å². The molecular formula is C13H19NO3. The van der Waals surface area contributed by atoms with Crippen LogP contribution in [0.25, 0.3) is 0 Å². The number of para-hydroxylation sites is 1. The molecule has 1 saturated heterocycles. The third-order valence-electron chi connectivity index (χ3n) is 2.83. The van der Waals surface area contributed by atoms with Crippen LogP contribution in [0.4, 0.5) is 0 Å². The Labute approximate surface area is 102 Å². The molecule has 1 aromatic rings. The molecule has 0 saturated carbocycles. The van der Waals surface area contributed by atoms with Crippen molar-refractivity contribution in [3.8, 4) is 5.75 Å². The summed E-state index contributed by atoms with van der Waals surface area (Å²) in [4.78, 5) is 0. The zero-order valence-electron chi connectivity index (χ0n) is 9.89. The smallest absolute Gasteiger partial charge is 0.119 e. The van der Waals surface area contributed by atoms with Crippen molar-refractivity contribution in [2.24, 2.45) is 0 Å². The Balaban J connectivity index is 1.58. The van der Waals surface area contributed by atoms with Gasteiger partial charge in [0.15, 0.2) is 0 Å². The van der Waals surface area contributed by atoms with Gasteiger partial charge in [0.25, 0.3) is 0 Å². The molecule has 2 N–H and O–H groups in total. The van der Waals surface area contributed by atoms with E-state index in [4.69, 9.17) is 9.47 Å². The highest BCUT2D eigenvalue weighted by Crippen LogP contribution is 2.16. The normalized spacial score (nSPS) is 23.8. The maximum Gasteiger partial charge on any atom is 0.119 e. The molecule has 0 bridgehead atoms. The monoisotopic (exact) mass is 237 g/mol. The van der Waals surface area contributed by atoms with Gasteiger partial charge in [-0.3, -0.25) is 0 Å². The van der Waals surface area contributed by atoms with E-state index >= 15 is 0 Å². The van der Waals surface area contributed by atoms with Crippen molar-refractivity contribution in [2.75, 3.05) is 32.9 Å². The van der Waals surface area contributed by atoms with Gasteiger partial charge in [0.05, 0.1) is 6.61 Å². The number of ether oxygens (including phenoxy) is 2. The minimum Gasteiger partial charge on any atom is -0.492 e. The van der Waals surface area contributed by atoms with E-state index in [0.717, 1.165) is 12.3 Å². The third kappa shape index (κ3) is 4.00. The fraction of sp³-hybridized carbons (Fsp3) is 0.538. The maximum absolute atomic E-state index is 9.98. The predicted molar refractivity (Wildman–Crippen MR) is 65.2 cm³/mol. The Bertz CT molecular complexity index is 323. The predicted octanol–water partition coefficient (Wildman–Crippen LogP) is 0.806. The highest BCUT2D eigenvalue weighted by atomic mass is 16.5. The molecule has 0 amide bonds. The van der Waals surface area contributed by atoms with Crippen LogP contribution in [0.15, 0.2) is 30.3 Å². The Hall–Kier alpha value is -1.10. The summed E-state index contributed by atoms with van der Waals surface area (Å²) in [5.41, 5.74) is -0.688. The van der Waals surface area contributed by atoms with Crippen molar-refractivity contribution in [1.82, 2.24) is 5.32 Å². The first-order chi connectivity index (χ1) is 8.29. The average Bonchev–Trinajstić information content (AvgIpc) is 2.77. The highest BCUT2D eigenvalue weighted by molar-refractivity contribution is 5.20. The lowest BCUT2D eigenvalue weighted by atomic mass is 10.0. The molecule has 1 heterocycles. The molecule has 1 aliphatic heterocycles. The number of nitrogens with one attached hydrogen (secondary N) is 1. The van der Waals surface area contributed by atoms with E-state index in [9.17, 15) is 5.11 Å². The van der Waals surface area contributed by atoms with Crippen molar-refractivity contribution in [3.63, 3.8) is 0 Å². The summed E-state index contributed by atoms with van der Waals surface area (Å²) in [5, 5.41) is 13.2. The van der Waals surface area contributed by atoms with Crippen molar-refractivity contribution in [3.05, 3.63) is 30.3 Å². The summed E-state index contributed by atoms with van der Waals surface area (Å²) in [6, 6.07) is 9.71. The van der Waals surface area contributed by atoms with Gasteiger partial charge < -0.3 is 19.9 Å². The molecule has 0 radical (unpaired) electrons. The van der Waals surface area contributed by atoms with E-state index in [1.165, 1.54) is 0 Å². The van der Waals surface area contributed by atoms with Gasteiger partial charge in [-0.1, -0.05) is 18.2 Å². The third-order valence-corrected chi connectivity index (χ3v) is 2.83. The summed E-state index contributed by atoms with van der Waals surface area (Å²) < 4.78 is 10.7. The zero-order chi connectivity index (χ0) is 12.0. The van der Waals surface area contributed by atoms with Crippen LogP contribution in [-0.2, 0) is 4.74 Å². The molecule has 4 heteroatoms. The average molecular weight is 237 g/mol. The van der Waals surface area contributed by atoms with E-state index < -0.39 is 5.60 Å². The molecule has 17 heavy (non-hydrogen) atoms. The Kier molecular flexibility index (Phi) is 4.36. The van der Waals surface area contributed by atoms with Crippen LogP contribution in [0.3, 0.4) is 0 Å². The fourth-order valence-electron chi connectivity index (χ4n) is 1.81. The first-order valence-electron chi connectivity index (χ1n) is 5.97. The lowest BCUT2D eigenvalue weighted by Gasteiger charge is -2.20. The van der Waals surface area contributed by atoms with Gasteiger partial charge in [0, 0.05) is 26.1 Å². The van der Waals surface area contributed by atoms with Gasteiger partial charge in [-0.05, 0) is 12.1 Å². The summed E-state index contributed by atoms with van der Waals surface area (Å²) in [6.45, 7) is 2.96. The molecule has 1 fully saturated rings. The number of hydrogen-bond donors (Lipinski definition) is 2. The number of benzene rings is 1. The van der Waals surface area contributed by atoms with E-state index in [1.54, 1.807) is 0 Å². The first kappa shape index (κ1) is 12.4. The van der Waals surface area contributed by atoms with Crippen LogP contribution in [0, 0.1) is 0 Å². The van der Waals surface area contributed by atoms with Gasteiger partial charge in [-0.15, -0.1) is 0 Å². The van der Waals surface area contributed by atoms with Crippen LogP contribution >= 0.6 is 0 Å². The molecule has 4 nitrogen and oxygen atoms in total. The second kappa shape index (κ2) is 6.00. The largest absolute Gasteiger partial charge is 0.492 e. The lowest BCUT2D eigenvalue weighted by molar-refractivity contribution is 0.0266. The Morgan fingerprint density at radius 3 is 2.88 bits per heavy atom. The minimum absolute atomic E-state index is 0.430. The van der Waals surface area contributed by atoms with Crippen LogP contribution in [0.1, 0.15) is 6.42 Å². The topological polar surface area (TPSA) is 50.7 Å². The lowest BCUT2D eigenvalue weighted by Crippen LogP contribution is -2.42. The van der Waals surface area contributed by atoms with Crippen molar-refractivity contribution < 1.29 is 14.6 Å². The standard InChI is InChI=1S/C13H19NO3/c15-13(6-8-16-11-13)10-14-7-9-17-12-4-2-1-3-5-12/h1-5,14-15H,6-11H2. The number of hydrogen-bond acceptors (Lipinski definition) is 4. The molecular weight excluding hydrogens is 218 g/mol. The second-order valence-corrected chi connectivity index (χ2v) is 4.37. The van der Waals surface area contributed by atoms with Crippen LogP contribution in [0.5, 0.6) is 5.75 Å². The van der Waals surface area contributed by atoms with Gasteiger partial charge in [0.1, 0.15) is 18.0 Å². The summed E-state index contributed by atoms with van der Waals surface area (Å²) >= 11 is 0. The molecule has 0 aromatic heterocycles. The highest BCUT2D eigenvalue weighted by Gasteiger charge is 2.31. The van der Waals surface area contributed by atoms with E-state index in [2.05, 4.69) is 5.32 Å². The Morgan fingerprint density at radius 1 is 1.35 bits per heavy atom. The SMILES string of the molecule is OC1(CNCCOc2ccccc2)CCOC1. The van der Waals surface area contributed by atoms with Crippen molar-refractivity contribution in [1.29, 1.82) is 0 Å². The van der Waals surface area contributed by atoms with Crippen molar-refractivity contribution >= 4 is 0 Å². The molecule has 1 aromatic carbocycles. The quantitative estimate of drug-likeness (QED) is 0.719. The molecule has 1 aliphatic rings. The van der Waals surface area contributed by atoms with Gasteiger partial charge in [-0.2, -0.15) is 0 Å². The van der Waals surface area contributed by atoms with Gasteiger partial charge in [0.2, 0.25) is 0 Å². The minimum atomic E-state index is -0.688. The van der Waals surface area contributed by atoms with Crippen LogP contribution in [0.2, 0.25) is 0 Å². The summed E-state index contributed by atoms with van der Waals surface area (Å²) in [5.74, 6) is 0.872. The Morgan fingerprint density at radius 2 is 2.18 bits per heavy atom. The fourth-order valence-corrected chi connectivity index (χ4v) is 1.81. The molecule has 1 atom stereocenters. The molecule has 0 spiro atoms. The zero-order valence-corrected chi connectivity index (χ0v) is 9.89. The molecule has 1 unspecified atom stereocenters. The maximum atomic E-state index is 9.98. The van der Waals surface area contributed by atoms with Crippen LogP contribution < -0.4 is 10.1 Å². The first-order valence-corrected chi connectivity index (χ1v) is 5.97. The van der Waals surface area contributed by atoms with E-state index in [1.807, 2.05) is 30.3 Å². The van der Waals surface area contributed by atoms with E-state index in [-0.39, 0.29) is 0 Å². The summed E-state index contributed by atoms with van der Waals surface area (Å²) in [6.07, 6.45) is 0.708. The number of rotatable bonds is 6. The number of aliphatic hydroxyl groups is 1. The van der Waals surface area contributed by atoms with Gasteiger partial charge in [-0.25, -0.2) is 0 Å². The second-order valence-electron chi connectivity index (χ2n) is 4.37. The van der Waals surface area contributed by atoms with E-state index in [0.29, 0.717) is 32.8 Å². The molecule has 0 aliphatic carbocycles. The molecule has 2 rings (SSSR count). The van der Waals surface area contributed by atoms with Gasteiger partial charge >= 0.3 is 0 Å². The molecule has 94 valence electrons. The van der Waals surface area contributed by atoms with Crippen molar-refractivity contribution in [2.45, 2.75) is 12.0 Å². The summed E-state index contributed by atoms with van der Waals surface area (Å²) in [7, 11) is 0.